The Morgan fingerprint density at radius 2 is 2.04 bits per heavy atom. The van der Waals surface area contributed by atoms with E-state index in [-0.39, 0.29) is 17.4 Å². The number of nitrogens with one attached hydrogen (secondary N) is 1. The average molecular weight is 336 g/mol. The number of benzene rings is 1. The van der Waals surface area contributed by atoms with Gasteiger partial charge in [0.15, 0.2) is 0 Å². The van der Waals surface area contributed by atoms with E-state index >= 15 is 0 Å². The second-order valence-corrected chi connectivity index (χ2v) is 6.32. The molecule has 6 heteroatoms. The molecule has 2 aromatic rings. The van der Waals surface area contributed by atoms with Crippen LogP contribution in [0, 0.1) is 5.92 Å². The van der Waals surface area contributed by atoms with Crippen LogP contribution in [-0.4, -0.2) is 33.2 Å². The van der Waals surface area contributed by atoms with Gasteiger partial charge in [0.25, 0.3) is 0 Å². The van der Waals surface area contributed by atoms with Crippen molar-refractivity contribution in [1.82, 2.24) is 4.98 Å². The number of carboxylic acid groups (broad SMARTS) is 2. The monoisotopic (exact) mass is 336 g/mol. The number of fused-ring (bicyclic) bond motifs is 3. The second-order valence-electron chi connectivity index (χ2n) is 6.32. The number of aromatic nitrogens is 1. The molecule has 0 amide bonds. The molecule has 0 radical (unpaired) electrons. The summed E-state index contributed by atoms with van der Waals surface area (Å²) in [6.07, 6.45) is 6.24. The molecule has 126 valence electrons. The fourth-order valence-electron chi connectivity index (χ4n) is 3.79. The number of carbonyl (C=O) groups is 2. The van der Waals surface area contributed by atoms with Crippen LogP contribution in [0.5, 0.6) is 0 Å². The maximum atomic E-state index is 11.7. The summed E-state index contributed by atoms with van der Waals surface area (Å²) in [5.41, 5.74) is 2.87. The maximum absolute atomic E-state index is 11.7. The SMILES string of the molecule is O=C(O)c1cc(-c2ccccn2)c2c(c1)C1C=CCC1C(C(=O)O)N2. The highest BCUT2D eigenvalue weighted by Crippen LogP contribution is 2.48. The smallest absolute Gasteiger partial charge is 0.335 e. The normalized spacial score (nSPS) is 23.4. The number of rotatable bonds is 3. The Kier molecular flexibility index (Phi) is 3.53. The summed E-state index contributed by atoms with van der Waals surface area (Å²) in [7, 11) is 0. The van der Waals surface area contributed by atoms with Crippen LogP contribution in [0.25, 0.3) is 11.3 Å². The minimum atomic E-state index is -1.01. The summed E-state index contributed by atoms with van der Waals surface area (Å²) in [6, 6.07) is 7.86. The molecule has 0 bridgehead atoms. The molecular weight excluding hydrogens is 320 g/mol. The van der Waals surface area contributed by atoms with Crippen molar-refractivity contribution in [3.8, 4) is 11.3 Å². The van der Waals surface area contributed by atoms with Gasteiger partial charge in [0.05, 0.1) is 11.3 Å². The minimum Gasteiger partial charge on any atom is -0.480 e. The Balaban J connectivity index is 1.96. The second kappa shape index (κ2) is 5.73. The number of aliphatic carboxylic acids is 1. The standard InChI is InChI=1S/C19H16N2O4/c22-18(23)10-8-13-11-4-3-5-12(11)17(19(24)25)21-16(13)14(9-10)15-6-1-2-7-20-15/h1-4,6-9,11-12,17,21H,5H2,(H,22,23)(H,24,25). The fraction of sp³-hybridized carbons (Fsp3) is 0.211. The van der Waals surface area contributed by atoms with E-state index in [2.05, 4.69) is 10.3 Å². The molecule has 0 fully saturated rings. The number of aromatic carboxylic acids is 1. The lowest BCUT2D eigenvalue weighted by molar-refractivity contribution is -0.139. The van der Waals surface area contributed by atoms with Crippen LogP contribution in [0.1, 0.15) is 28.3 Å². The Bertz CT molecular complexity index is 892. The van der Waals surface area contributed by atoms with Crippen molar-refractivity contribution in [2.75, 3.05) is 5.32 Å². The number of carboxylic acids is 2. The van der Waals surface area contributed by atoms with E-state index < -0.39 is 18.0 Å². The molecule has 1 aliphatic carbocycles. The number of hydrogen-bond acceptors (Lipinski definition) is 4. The lowest BCUT2D eigenvalue weighted by Crippen LogP contribution is -2.42. The summed E-state index contributed by atoms with van der Waals surface area (Å²) < 4.78 is 0. The third kappa shape index (κ3) is 2.46. The van der Waals surface area contributed by atoms with E-state index in [0.29, 0.717) is 23.4 Å². The van der Waals surface area contributed by atoms with Crippen molar-refractivity contribution in [3.63, 3.8) is 0 Å². The van der Waals surface area contributed by atoms with Gasteiger partial charge in [-0.3, -0.25) is 4.98 Å². The third-order valence-corrected chi connectivity index (χ3v) is 4.92. The molecule has 2 heterocycles. The predicted octanol–water partition coefficient (Wildman–Crippen LogP) is 2.99. The van der Waals surface area contributed by atoms with E-state index in [0.717, 1.165) is 5.56 Å². The molecule has 2 aliphatic rings. The van der Waals surface area contributed by atoms with Gasteiger partial charge in [0.1, 0.15) is 6.04 Å². The average Bonchev–Trinajstić information content (AvgIpc) is 3.10. The molecule has 1 aromatic carbocycles. The first-order chi connectivity index (χ1) is 12.1. The van der Waals surface area contributed by atoms with E-state index in [4.69, 9.17) is 0 Å². The molecule has 1 aliphatic heterocycles. The highest BCUT2D eigenvalue weighted by Gasteiger charge is 2.42. The molecular formula is C19H16N2O4. The van der Waals surface area contributed by atoms with Gasteiger partial charge >= 0.3 is 11.9 Å². The number of anilines is 1. The minimum absolute atomic E-state index is 0.112. The summed E-state index contributed by atoms with van der Waals surface area (Å²) in [6.45, 7) is 0. The molecule has 0 saturated heterocycles. The molecule has 0 saturated carbocycles. The van der Waals surface area contributed by atoms with Gasteiger partial charge in [-0.1, -0.05) is 18.2 Å². The highest BCUT2D eigenvalue weighted by atomic mass is 16.4. The predicted molar refractivity (Wildman–Crippen MR) is 91.7 cm³/mol. The van der Waals surface area contributed by atoms with E-state index in [1.54, 1.807) is 30.5 Å². The van der Waals surface area contributed by atoms with E-state index in [1.165, 1.54) is 0 Å². The van der Waals surface area contributed by atoms with Gasteiger partial charge in [-0.2, -0.15) is 0 Å². The van der Waals surface area contributed by atoms with Crippen LogP contribution < -0.4 is 5.32 Å². The molecule has 3 atom stereocenters. The van der Waals surface area contributed by atoms with Crippen molar-refractivity contribution in [2.24, 2.45) is 5.92 Å². The Morgan fingerprint density at radius 1 is 1.20 bits per heavy atom. The van der Waals surface area contributed by atoms with Gasteiger partial charge in [-0.15, -0.1) is 0 Å². The van der Waals surface area contributed by atoms with Crippen LogP contribution in [0.15, 0.2) is 48.7 Å². The zero-order valence-corrected chi connectivity index (χ0v) is 13.2. The van der Waals surface area contributed by atoms with Gasteiger partial charge in [-0.25, -0.2) is 9.59 Å². The van der Waals surface area contributed by atoms with Crippen LogP contribution in [0.3, 0.4) is 0 Å². The lowest BCUT2D eigenvalue weighted by Gasteiger charge is -2.36. The number of pyridine rings is 1. The van der Waals surface area contributed by atoms with E-state index in [9.17, 15) is 19.8 Å². The topological polar surface area (TPSA) is 99.5 Å². The van der Waals surface area contributed by atoms with Crippen molar-refractivity contribution in [2.45, 2.75) is 18.4 Å². The number of nitrogens with zero attached hydrogens (tertiary/aromatic N) is 1. The molecule has 25 heavy (non-hydrogen) atoms. The summed E-state index contributed by atoms with van der Waals surface area (Å²) in [4.78, 5) is 27.6. The first kappa shape index (κ1) is 15.4. The van der Waals surface area contributed by atoms with Crippen LogP contribution in [-0.2, 0) is 4.79 Å². The summed E-state index contributed by atoms with van der Waals surface area (Å²) >= 11 is 0. The molecule has 0 spiro atoms. The van der Waals surface area contributed by atoms with Crippen LogP contribution in [0.2, 0.25) is 0 Å². The number of hydrogen-bond donors (Lipinski definition) is 3. The van der Waals surface area contributed by atoms with Crippen LogP contribution in [0.4, 0.5) is 5.69 Å². The first-order valence-corrected chi connectivity index (χ1v) is 8.05. The maximum Gasteiger partial charge on any atom is 0.335 e. The Morgan fingerprint density at radius 3 is 2.72 bits per heavy atom. The number of allylic oxidation sites excluding steroid dienone is 2. The highest BCUT2D eigenvalue weighted by molar-refractivity contribution is 5.94. The zero-order chi connectivity index (χ0) is 17.6. The van der Waals surface area contributed by atoms with Gasteiger partial charge in [0.2, 0.25) is 0 Å². The Labute approximate surface area is 143 Å². The zero-order valence-electron chi connectivity index (χ0n) is 13.2. The first-order valence-electron chi connectivity index (χ1n) is 8.05. The van der Waals surface area contributed by atoms with Crippen molar-refractivity contribution in [1.29, 1.82) is 0 Å². The lowest BCUT2D eigenvalue weighted by atomic mass is 9.77. The van der Waals surface area contributed by atoms with Crippen LogP contribution >= 0.6 is 0 Å². The van der Waals surface area contributed by atoms with Gasteiger partial charge < -0.3 is 15.5 Å². The fourth-order valence-corrected chi connectivity index (χ4v) is 3.79. The third-order valence-electron chi connectivity index (χ3n) is 4.92. The van der Waals surface area contributed by atoms with E-state index in [1.807, 2.05) is 18.2 Å². The quantitative estimate of drug-likeness (QED) is 0.745. The van der Waals surface area contributed by atoms with Crippen molar-refractivity contribution in [3.05, 3.63) is 59.8 Å². The molecule has 3 unspecified atom stereocenters. The molecule has 3 N–H and O–H groups in total. The van der Waals surface area contributed by atoms with Crippen molar-refractivity contribution < 1.29 is 19.8 Å². The Hall–Kier alpha value is -3.15. The molecule has 1 aromatic heterocycles. The summed E-state index contributed by atoms with van der Waals surface area (Å²) in [5.74, 6) is -2.15. The van der Waals surface area contributed by atoms with Gasteiger partial charge in [0, 0.05) is 29.3 Å². The summed E-state index contributed by atoms with van der Waals surface area (Å²) in [5, 5.41) is 22.2. The van der Waals surface area contributed by atoms with Crippen molar-refractivity contribution >= 4 is 17.6 Å². The van der Waals surface area contributed by atoms with Gasteiger partial charge in [-0.05, 0) is 36.2 Å². The molecule has 4 rings (SSSR count). The molecule has 6 nitrogen and oxygen atoms in total. The largest absolute Gasteiger partial charge is 0.480 e.